The van der Waals surface area contributed by atoms with Crippen LogP contribution in [0.4, 0.5) is 11.4 Å². The van der Waals surface area contributed by atoms with Crippen molar-refractivity contribution in [1.82, 2.24) is 4.98 Å². The first kappa shape index (κ1) is 17.7. The van der Waals surface area contributed by atoms with Crippen molar-refractivity contribution in [3.8, 4) is 11.5 Å². The van der Waals surface area contributed by atoms with Crippen molar-refractivity contribution in [3.63, 3.8) is 0 Å². The van der Waals surface area contributed by atoms with Gasteiger partial charge in [0.2, 0.25) is 5.89 Å². The van der Waals surface area contributed by atoms with Crippen LogP contribution in [0.15, 0.2) is 71.1 Å². The second-order valence-corrected chi connectivity index (χ2v) is 6.34. The monoisotopic (exact) mass is 393 g/mol. The van der Waals surface area contributed by atoms with E-state index in [1.54, 1.807) is 48.5 Å². The number of halogens is 1. The minimum absolute atomic E-state index is 0.0355. The van der Waals surface area contributed by atoms with Crippen molar-refractivity contribution in [2.24, 2.45) is 0 Å². The van der Waals surface area contributed by atoms with E-state index in [0.29, 0.717) is 33.3 Å². The molecule has 0 aliphatic rings. The number of rotatable bonds is 4. The topological polar surface area (TPSA) is 98.3 Å². The molecule has 138 valence electrons. The lowest BCUT2D eigenvalue weighted by atomic mass is 10.1. The number of hydrogen-bond donors (Lipinski definition) is 1. The van der Waals surface area contributed by atoms with Crippen LogP contribution in [0, 0.1) is 10.1 Å². The van der Waals surface area contributed by atoms with E-state index in [1.165, 1.54) is 18.2 Å². The number of nitro groups is 1. The number of fused-ring (bicyclic) bond motifs is 1. The number of nitrogens with zero attached hydrogens (tertiary/aromatic N) is 2. The van der Waals surface area contributed by atoms with Crippen molar-refractivity contribution in [1.29, 1.82) is 0 Å². The van der Waals surface area contributed by atoms with Gasteiger partial charge in [-0.2, -0.15) is 0 Å². The predicted molar refractivity (Wildman–Crippen MR) is 106 cm³/mol. The smallest absolute Gasteiger partial charge is 0.282 e. The maximum Gasteiger partial charge on any atom is 0.282 e. The molecule has 7 nitrogen and oxygen atoms in total. The molecule has 0 radical (unpaired) electrons. The van der Waals surface area contributed by atoms with Crippen LogP contribution in [0.5, 0.6) is 0 Å². The first-order valence-electron chi connectivity index (χ1n) is 8.23. The quantitative estimate of drug-likeness (QED) is 0.374. The Morgan fingerprint density at radius 1 is 1.07 bits per heavy atom. The highest BCUT2D eigenvalue weighted by atomic mass is 35.5. The zero-order valence-corrected chi connectivity index (χ0v) is 15.0. The number of oxazole rings is 1. The molecule has 0 fully saturated rings. The summed E-state index contributed by atoms with van der Waals surface area (Å²) in [5.74, 6) is -0.297. The summed E-state index contributed by atoms with van der Waals surface area (Å²) in [4.78, 5) is 27.7. The highest BCUT2D eigenvalue weighted by Gasteiger charge is 2.21. The molecule has 4 aromatic rings. The van der Waals surface area contributed by atoms with Gasteiger partial charge in [-0.15, -0.1) is 0 Å². The van der Waals surface area contributed by atoms with Gasteiger partial charge in [-0.3, -0.25) is 14.9 Å². The molecule has 1 aromatic heterocycles. The Hall–Kier alpha value is -3.71. The van der Waals surface area contributed by atoms with Gasteiger partial charge >= 0.3 is 0 Å². The molecule has 1 N–H and O–H groups in total. The number of para-hydroxylation sites is 2. The number of amides is 1. The summed E-state index contributed by atoms with van der Waals surface area (Å²) in [6.45, 7) is 0. The number of nitro benzene ring substituents is 1. The Bertz CT molecular complexity index is 1220. The molecule has 28 heavy (non-hydrogen) atoms. The normalized spacial score (nSPS) is 10.8. The lowest BCUT2D eigenvalue weighted by Gasteiger charge is -2.09. The first-order valence-corrected chi connectivity index (χ1v) is 8.61. The van der Waals surface area contributed by atoms with Crippen molar-refractivity contribution in [2.75, 3.05) is 5.32 Å². The van der Waals surface area contributed by atoms with Crippen LogP contribution in [0.3, 0.4) is 0 Å². The Balaban J connectivity index is 1.72. The van der Waals surface area contributed by atoms with Gasteiger partial charge in [0.15, 0.2) is 5.58 Å². The van der Waals surface area contributed by atoms with Crippen molar-refractivity contribution >= 4 is 40.0 Å². The summed E-state index contributed by atoms with van der Waals surface area (Å²) < 4.78 is 5.77. The Morgan fingerprint density at radius 2 is 1.82 bits per heavy atom. The molecule has 0 aliphatic heterocycles. The number of hydrogen-bond acceptors (Lipinski definition) is 5. The molecule has 3 aromatic carbocycles. The number of benzene rings is 3. The molecule has 8 heteroatoms. The fourth-order valence-electron chi connectivity index (χ4n) is 2.81. The summed E-state index contributed by atoms with van der Waals surface area (Å²) in [5, 5.41) is 14.4. The van der Waals surface area contributed by atoms with Gasteiger partial charge in [0, 0.05) is 11.1 Å². The van der Waals surface area contributed by atoms with E-state index in [1.807, 2.05) is 0 Å². The second kappa shape index (κ2) is 7.13. The zero-order valence-electron chi connectivity index (χ0n) is 14.3. The van der Waals surface area contributed by atoms with Gasteiger partial charge in [-0.1, -0.05) is 35.9 Å². The van der Waals surface area contributed by atoms with Gasteiger partial charge in [0.05, 0.1) is 16.2 Å². The zero-order chi connectivity index (χ0) is 19.7. The summed E-state index contributed by atoms with van der Waals surface area (Å²) in [5.41, 5.74) is 1.80. The molecule has 4 rings (SSSR count). The third-order valence-electron chi connectivity index (χ3n) is 4.10. The molecule has 0 atom stereocenters. The van der Waals surface area contributed by atoms with Crippen LogP contribution in [-0.2, 0) is 0 Å². The number of aromatic nitrogens is 1. The number of carbonyl (C=O) groups is 1. The van der Waals surface area contributed by atoms with E-state index in [2.05, 4.69) is 10.3 Å². The summed E-state index contributed by atoms with van der Waals surface area (Å²) in [6, 6.07) is 17.8. The standard InChI is InChI=1S/C20H12ClN3O4/c21-12-9-10-18-16(11-12)23-20(28-18)13-5-1-3-7-15(13)22-19(25)14-6-2-4-8-17(14)24(26)27/h1-11H,(H,22,25). The van der Waals surface area contributed by atoms with Gasteiger partial charge in [0.1, 0.15) is 11.1 Å². The molecule has 0 unspecified atom stereocenters. The molecule has 0 spiro atoms. The fourth-order valence-corrected chi connectivity index (χ4v) is 2.98. The van der Waals surface area contributed by atoms with E-state index in [-0.39, 0.29) is 11.3 Å². The number of carbonyl (C=O) groups excluding carboxylic acids is 1. The van der Waals surface area contributed by atoms with Crippen LogP contribution in [0.2, 0.25) is 5.02 Å². The van der Waals surface area contributed by atoms with Crippen LogP contribution in [0.1, 0.15) is 10.4 Å². The third-order valence-corrected chi connectivity index (χ3v) is 4.34. The summed E-state index contributed by atoms with van der Waals surface area (Å²) in [6.07, 6.45) is 0. The molecule has 0 saturated heterocycles. The molecule has 1 heterocycles. The lowest BCUT2D eigenvalue weighted by molar-refractivity contribution is -0.385. The Morgan fingerprint density at radius 3 is 2.64 bits per heavy atom. The average molecular weight is 394 g/mol. The third kappa shape index (κ3) is 3.30. The van der Waals surface area contributed by atoms with Crippen LogP contribution < -0.4 is 5.32 Å². The van der Waals surface area contributed by atoms with Crippen LogP contribution in [0.25, 0.3) is 22.6 Å². The van der Waals surface area contributed by atoms with Crippen molar-refractivity contribution in [3.05, 3.63) is 87.4 Å². The highest BCUT2D eigenvalue weighted by Crippen LogP contribution is 2.31. The SMILES string of the molecule is O=C(Nc1ccccc1-c1nc2cc(Cl)ccc2o1)c1ccccc1[N+](=O)[O-]. The Labute approximate surface area is 163 Å². The van der Waals surface area contributed by atoms with E-state index in [4.69, 9.17) is 16.0 Å². The Kier molecular flexibility index (Phi) is 4.50. The van der Waals surface area contributed by atoms with Gasteiger partial charge in [-0.05, 0) is 36.4 Å². The first-order chi connectivity index (χ1) is 13.5. The van der Waals surface area contributed by atoms with Gasteiger partial charge < -0.3 is 9.73 Å². The summed E-state index contributed by atoms with van der Waals surface area (Å²) in [7, 11) is 0. The lowest BCUT2D eigenvalue weighted by Crippen LogP contribution is -2.14. The largest absolute Gasteiger partial charge is 0.436 e. The summed E-state index contributed by atoms with van der Waals surface area (Å²) >= 11 is 5.99. The molecule has 0 aliphatic carbocycles. The molecular formula is C20H12ClN3O4. The van der Waals surface area contributed by atoms with Crippen molar-refractivity contribution < 1.29 is 14.1 Å². The number of anilines is 1. The van der Waals surface area contributed by atoms with Crippen LogP contribution >= 0.6 is 11.6 Å². The molecule has 0 bridgehead atoms. The van der Waals surface area contributed by atoms with Crippen LogP contribution in [-0.4, -0.2) is 15.8 Å². The van der Waals surface area contributed by atoms with E-state index in [9.17, 15) is 14.9 Å². The van der Waals surface area contributed by atoms with Gasteiger partial charge in [-0.25, -0.2) is 4.98 Å². The minimum Gasteiger partial charge on any atom is -0.436 e. The number of nitrogens with one attached hydrogen (secondary N) is 1. The van der Waals surface area contributed by atoms with Crippen molar-refractivity contribution in [2.45, 2.75) is 0 Å². The van der Waals surface area contributed by atoms with Gasteiger partial charge in [0.25, 0.3) is 11.6 Å². The minimum atomic E-state index is -0.598. The maximum atomic E-state index is 12.7. The molecular weight excluding hydrogens is 382 g/mol. The predicted octanol–water partition coefficient (Wildman–Crippen LogP) is 5.31. The fraction of sp³-hybridized carbons (Fsp3) is 0. The second-order valence-electron chi connectivity index (χ2n) is 5.91. The average Bonchev–Trinajstić information content (AvgIpc) is 3.11. The van der Waals surface area contributed by atoms with E-state index >= 15 is 0 Å². The highest BCUT2D eigenvalue weighted by molar-refractivity contribution is 6.31. The van der Waals surface area contributed by atoms with E-state index < -0.39 is 10.8 Å². The maximum absolute atomic E-state index is 12.7. The van der Waals surface area contributed by atoms with E-state index in [0.717, 1.165) is 0 Å². The molecule has 1 amide bonds. The molecule has 0 saturated carbocycles.